The number of aromatic hydroxyl groups is 1. The number of benzene rings is 2. The Morgan fingerprint density at radius 1 is 1.11 bits per heavy atom. The van der Waals surface area contributed by atoms with E-state index in [1.165, 1.54) is 9.91 Å². The number of hydrogen-bond acceptors (Lipinski definition) is 9. The number of rotatable bonds is 9. The van der Waals surface area contributed by atoms with E-state index in [0.717, 1.165) is 51.0 Å². The minimum Gasteiger partial charge on any atom is -0.508 e. The Balaban J connectivity index is 1.35. The minimum atomic E-state index is -1.09. The molecule has 0 radical (unpaired) electrons. The smallest absolute Gasteiger partial charge is 0.324 e. The molecule has 61 heavy (non-hydrogen) atoms. The molecule has 2 aliphatic heterocycles. The number of aromatic nitrogens is 2. The lowest BCUT2D eigenvalue weighted by Gasteiger charge is -2.36. The molecule has 6 bridgehead atoms. The Labute approximate surface area is 359 Å². The predicted octanol–water partition coefficient (Wildman–Crippen LogP) is 6.59. The number of nitrogens with zero attached hydrogens (tertiary/aromatic N) is 4. The summed E-state index contributed by atoms with van der Waals surface area (Å²) in [5, 5.41) is 16.7. The number of aryl methyl sites for hydroxylation is 1. The second-order valence-corrected chi connectivity index (χ2v) is 18.5. The number of fused-ring (bicyclic) bond motifs is 6. The van der Waals surface area contributed by atoms with Crippen LogP contribution in [-0.2, 0) is 48.0 Å². The maximum Gasteiger partial charge on any atom is 0.324 e. The number of phenols is 1. The number of hydrazine groups is 1. The summed E-state index contributed by atoms with van der Waals surface area (Å²) < 4.78 is 14.2. The van der Waals surface area contributed by atoms with Crippen molar-refractivity contribution in [1.82, 2.24) is 30.2 Å². The zero-order valence-electron chi connectivity index (χ0n) is 37.1. The second kappa shape index (κ2) is 17.6. The number of phenolic OH excluding ortho intramolecular Hbond substituents is 1. The Morgan fingerprint density at radius 2 is 1.87 bits per heavy atom. The SMILES string of the molecule is CCn1c(-c2cccnc2[C@H](C)OC)c2c3cc(ccc31)-c1cc(O)cc(c1)C[C@H](NC(=O)[C@H](C(C)C)N(C)C(=O)[C@@H]1C[C@H]1C)C(=O)N1CCC[C@H](N1)C(=O)OCC(C)(C)C2. The molecule has 7 rings (SSSR count). The molecule has 326 valence electrons. The summed E-state index contributed by atoms with van der Waals surface area (Å²) >= 11 is 0. The van der Waals surface area contributed by atoms with Gasteiger partial charge in [-0.2, -0.15) is 0 Å². The van der Waals surface area contributed by atoms with Crippen LogP contribution in [0.4, 0.5) is 0 Å². The molecule has 3 aliphatic rings. The van der Waals surface area contributed by atoms with E-state index in [0.29, 0.717) is 37.9 Å². The number of esters is 1. The fourth-order valence-electron chi connectivity index (χ4n) is 9.31. The molecule has 1 aliphatic carbocycles. The number of amides is 3. The average Bonchev–Trinajstić information content (AvgIpc) is 3.90. The predicted molar refractivity (Wildman–Crippen MR) is 234 cm³/mol. The van der Waals surface area contributed by atoms with Gasteiger partial charge in [-0.3, -0.25) is 29.2 Å². The molecule has 13 nitrogen and oxygen atoms in total. The van der Waals surface area contributed by atoms with Crippen LogP contribution in [0.5, 0.6) is 5.75 Å². The van der Waals surface area contributed by atoms with E-state index in [9.17, 15) is 24.3 Å². The maximum absolute atomic E-state index is 14.6. The summed E-state index contributed by atoms with van der Waals surface area (Å²) in [6, 6.07) is 12.9. The van der Waals surface area contributed by atoms with Gasteiger partial charge in [0.15, 0.2) is 0 Å². The number of pyridine rings is 1. The number of carbonyl (C=O) groups excluding carboxylic acids is 4. The molecule has 2 aromatic heterocycles. The van der Waals surface area contributed by atoms with Gasteiger partial charge in [0, 0.05) is 67.7 Å². The van der Waals surface area contributed by atoms with Crippen molar-refractivity contribution in [3.8, 4) is 28.1 Å². The van der Waals surface area contributed by atoms with Crippen molar-refractivity contribution in [2.24, 2.45) is 23.2 Å². The standard InChI is InChI=1S/C48H62N6O7/c1-10-53-40-16-15-31-24-36(40)37(43(53)34-13-11-17-49-41(34)29(5)60-9)25-48(6,7)26-61-47(59)38-14-12-18-54(51-38)46(58)39(22-30-20-32(31)23-33(55)21-30)50-44(56)42(27(2)3)52(8)45(57)35-19-28(35)4/h11,13,15-17,20-21,23-24,27-29,35,38-39,42,51,55H,10,12,14,18-19,22,25-26H2,1-9H3,(H,50,56)/t28-,29+,35-,38+,39+,42+/m1/s1. The first-order valence-corrected chi connectivity index (χ1v) is 21.8. The van der Waals surface area contributed by atoms with Crippen molar-refractivity contribution in [3.63, 3.8) is 0 Å². The van der Waals surface area contributed by atoms with Gasteiger partial charge in [0.05, 0.1) is 24.1 Å². The Bertz CT molecular complexity index is 2320. The van der Waals surface area contributed by atoms with E-state index >= 15 is 0 Å². The van der Waals surface area contributed by atoms with Crippen LogP contribution in [0.25, 0.3) is 33.3 Å². The summed E-state index contributed by atoms with van der Waals surface area (Å²) in [5.74, 6) is -1.48. The topological polar surface area (TPSA) is 155 Å². The van der Waals surface area contributed by atoms with Crippen molar-refractivity contribution < 1.29 is 33.8 Å². The number of methoxy groups -OCH3 is 1. The number of carbonyl (C=O) groups is 4. The molecule has 4 aromatic rings. The van der Waals surface area contributed by atoms with E-state index in [-0.39, 0.29) is 48.5 Å². The van der Waals surface area contributed by atoms with Crippen LogP contribution in [0.15, 0.2) is 54.7 Å². The third kappa shape index (κ3) is 9.04. The highest BCUT2D eigenvalue weighted by atomic mass is 16.5. The van der Waals surface area contributed by atoms with Gasteiger partial charge in [-0.15, -0.1) is 0 Å². The van der Waals surface area contributed by atoms with Gasteiger partial charge in [0.1, 0.15) is 23.9 Å². The first kappa shape index (κ1) is 43.8. The first-order valence-electron chi connectivity index (χ1n) is 21.8. The van der Waals surface area contributed by atoms with Gasteiger partial charge >= 0.3 is 5.97 Å². The Hall–Kier alpha value is -5.27. The fourth-order valence-corrected chi connectivity index (χ4v) is 9.31. The van der Waals surface area contributed by atoms with E-state index < -0.39 is 41.3 Å². The van der Waals surface area contributed by atoms with E-state index in [1.807, 2.05) is 45.9 Å². The largest absolute Gasteiger partial charge is 0.508 e. The van der Waals surface area contributed by atoms with Crippen LogP contribution < -0.4 is 10.7 Å². The van der Waals surface area contributed by atoms with Crippen LogP contribution in [-0.4, -0.2) is 93.7 Å². The lowest BCUT2D eigenvalue weighted by Crippen LogP contribution is -2.62. The highest BCUT2D eigenvalue weighted by Crippen LogP contribution is 2.43. The van der Waals surface area contributed by atoms with E-state index in [4.69, 9.17) is 14.5 Å². The summed E-state index contributed by atoms with van der Waals surface area (Å²) in [4.78, 5) is 62.4. The van der Waals surface area contributed by atoms with Crippen molar-refractivity contribution in [1.29, 1.82) is 0 Å². The molecule has 3 N–H and O–H groups in total. The van der Waals surface area contributed by atoms with E-state index in [1.54, 1.807) is 32.5 Å². The number of likely N-dealkylation sites (N-methyl/N-ethyl adjacent to an activating group) is 1. The minimum absolute atomic E-state index is 0.0177. The Kier molecular flexibility index (Phi) is 12.6. The van der Waals surface area contributed by atoms with Gasteiger partial charge in [-0.05, 0) is 110 Å². The van der Waals surface area contributed by atoms with Crippen LogP contribution in [0, 0.1) is 23.2 Å². The zero-order valence-corrected chi connectivity index (χ0v) is 37.1. The van der Waals surface area contributed by atoms with Gasteiger partial charge in [0.25, 0.3) is 5.91 Å². The molecule has 13 heteroatoms. The van der Waals surface area contributed by atoms with Gasteiger partial charge in [-0.1, -0.05) is 46.8 Å². The van der Waals surface area contributed by atoms with Crippen molar-refractivity contribution in [2.45, 2.75) is 111 Å². The summed E-state index contributed by atoms with van der Waals surface area (Å²) in [6.07, 6.45) is 3.91. The van der Waals surface area contributed by atoms with Crippen molar-refractivity contribution >= 4 is 34.6 Å². The van der Waals surface area contributed by atoms with Crippen LogP contribution >= 0.6 is 0 Å². The zero-order chi connectivity index (χ0) is 43.9. The number of ether oxygens (including phenoxy) is 2. The molecular weight excluding hydrogens is 773 g/mol. The average molecular weight is 835 g/mol. The summed E-state index contributed by atoms with van der Waals surface area (Å²) in [6.45, 7) is 15.2. The lowest BCUT2D eigenvalue weighted by molar-refractivity contribution is -0.155. The molecule has 3 amide bonds. The Morgan fingerprint density at radius 3 is 2.56 bits per heavy atom. The third-order valence-electron chi connectivity index (χ3n) is 12.8. The molecular formula is C48H62N6O7. The number of nitrogens with one attached hydrogen (secondary N) is 2. The van der Waals surface area contributed by atoms with E-state index in [2.05, 4.69) is 54.3 Å². The highest BCUT2D eigenvalue weighted by Gasteiger charge is 2.44. The summed E-state index contributed by atoms with van der Waals surface area (Å²) in [7, 11) is 3.34. The summed E-state index contributed by atoms with van der Waals surface area (Å²) in [5.41, 5.74) is 9.74. The third-order valence-corrected chi connectivity index (χ3v) is 12.8. The molecule has 0 spiro atoms. The number of cyclic esters (lactones) is 1. The fraction of sp³-hybridized carbons (Fsp3) is 0.521. The molecule has 0 unspecified atom stereocenters. The van der Waals surface area contributed by atoms with Gasteiger partial charge < -0.3 is 29.4 Å². The number of hydrogen-bond donors (Lipinski definition) is 3. The van der Waals surface area contributed by atoms with Crippen molar-refractivity contribution in [3.05, 3.63) is 71.5 Å². The second-order valence-electron chi connectivity index (χ2n) is 18.5. The monoisotopic (exact) mass is 834 g/mol. The molecule has 6 atom stereocenters. The molecule has 2 aromatic carbocycles. The highest BCUT2D eigenvalue weighted by molar-refractivity contribution is 5.96. The molecule has 1 saturated heterocycles. The lowest BCUT2D eigenvalue weighted by atomic mass is 9.84. The van der Waals surface area contributed by atoms with Gasteiger partial charge in [0.2, 0.25) is 11.8 Å². The van der Waals surface area contributed by atoms with Crippen LogP contribution in [0.2, 0.25) is 0 Å². The first-order chi connectivity index (χ1) is 29.0. The van der Waals surface area contributed by atoms with Crippen LogP contribution in [0.3, 0.4) is 0 Å². The molecule has 2 fully saturated rings. The van der Waals surface area contributed by atoms with Crippen molar-refractivity contribution in [2.75, 3.05) is 27.3 Å². The quantitative estimate of drug-likeness (QED) is 0.159. The van der Waals surface area contributed by atoms with Gasteiger partial charge in [-0.25, -0.2) is 5.43 Å². The normalized spacial score (nSPS) is 22.6. The molecule has 4 heterocycles. The molecule has 1 saturated carbocycles. The maximum atomic E-state index is 14.6. The van der Waals surface area contributed by atoms with Crippen LogP contribution in [0.1, 0.15) is 90.7 Å².